The third kappa shape index (κ3) is 3.93. The number of rotatable bonds is 4. The molecule has 110 valence electrons. The zero-order valence-electron chi connectivity index (χ0n) is 11.8. The van der Waals surface area contributed by atoms with E-state index in [2.05, 4.69) is 5.32 Å². The summed E-state index contributed by atoms with van der Waals surface area (Å²) >= 11 is 0. The first-order valence-electron chi connectivity index (χ1n) is 6.45. The highest BCUT2D eigenvalue weighted by Gasteiger charge is 2.09. The van der Waals surface area contributed by atoms with Crippen LogP contribution < -0.4 is 10.1 Å². The van der Waals surface area contributed by atoms with Crippen LogP contribution in [0.3, 0.4) is 0 Å². The van der Waals surface area contributed by atoms with Gasteiger partial charge in [0.25, 0.3) is 5.91 Å². The number of anilines is 1. The van der Waals surface area contributed by atoms with Crippen LogP contribution in [0.1, 0.15) is 5.56 Å². The second kappa shape index (κ2) is 7.04. The molecule has 0 bridgehead atoms. The zero-order valence-corrected chi connectivity index (χ0v) is 11.8. The molecule has 1 N–H and O–H groups in total. The molecule has 0 atom stereocenters. The van der Waals surface area contributed by atoms with Gasteiger partial charge in [-0.05, 0) is 48.0 Å². The largest absolute Gasteiger partial charge is 0.497 e. The van der Waals surface area contributed by atoms with Gasteiger partial charge in [-0.3, -0.25) is 4.79 Å². The molecule has 2 aromatic rings. The predicted molar refractivity (Wildman–Crippen MR) is 81.6 cm³/mol. The van der Waals surface area contributed by atoms with Crippen LogP contribution in [-0.2, 0) is 4.79 Å². The van der Waals surface area contributed by atoms with Gasteiger partial charge in [0, 0.05) is 5.69 Å². The summed E-state index contributed by atoms with van der Waals surface area (Å²) in [6, 6.07) is 14.1. The Balaban J connectivity index is 2.15. The van der Waals surface area contributed by atoms with E-state index in [0.717, 1.165) is 0 Å². The molecule has 0 radical (unpaired) electrons. The summed E-state index contributed by atoms with van der Waals surface area (Å²) < 4.78 is 17.9. The van der Waals surface area contributed by atoms with Crippen molar-refractivity contribution in [2.45, 2.75) is 0 Å². The number of carbonyl (C=O) groups is 1. The molecule has 0 saturated carbocycles. The van der Waals surface area contributed by atoms with Crippen LogP contribution in [0.15, 0.2) is 54.1 Å². The first kappa shape index (κ1) is 15.3. The van der Waals surface area contributed by atoms with Gasteiger partial charge in [-0.15, -0.1) is 0 Å². The Morgan fingerprint density at radius 3 is 2.36 bits per heavy atom. The summed E-state index contributed by atoms with van der Waals surface area (Å²) in [7, 11) is 1.56. The molecule has 2 rings (SSSR count). The summed E-state index contributed by atoms with van der Waals surface area (Å²) in [6.45, 7) is 0. The highest BCUT2D eigenvalue weighted by atomic mass is 19.1. The van der Waals surface area contributed by atoms with Gasteiger partial charge in [-0.1, -0.05) is 12.1 Å². The third-order valence-corrected chi connectivity index (χ3v) is 2.89. The number of hydrogen-bond donors (Lipinski definition) is 1. The van der Waals surface area contributed by atoms with Crippen molar-refractivity contribution in [1.29, 1.82) is 5.26 Å². The highest BCUT2D eigenvalue weighted by molar-refractivity contribution is 6.09. The fourth-order valence-electron chi connectivity index (χ4n) is 1.75. The molecule has 0 aliphatic carbocycles. The van der Waals surface area contributed by atoms with E-state index in [-0.39, 0.29) is 5.57 Å². The maximum absolute atomic E-state index is 12.8. The van der Waals surface area contributed by atoms with Gasteiger partial charge in [-0.25, -0.2) is 4.39 Å². The number of methoxy groups -OCH3 is 1. The van der Waals surface area contributed by atoms with Gasteiger partial charge >= 0.3 is 0 Å². The Bertz CT molecular complexity index is 729. The van der Waals surface area contributed by atoms with Crippen molar-refractivity contribution >= 4 is 17.7 Å². The van der Waals surface area contributed by atoms with E-state index in [1.54, 1.807) is 31.4 Å². The van der Waals surface area contributed by atoms with Crippen molar-refractivity contribution in [2.24, 2.45) is 0 Å². The lowest BCUT2D eigenvalue weighted by Gasteiger charge is -2.04. The Kier molecular flexibility index (Phi) is 4.89. The van der Waals surface area contributed by atoms with E-state index in [0.29, 0.717) is 17.0 Å². The van der Waals surface area contributed by atoms with E-state index in [4.69, 9.17) is 10.00 Å². The van der Waals surface area contributed by atoms with E-state index in [9.17, 15) is 9.18 Å². The topological polar surface area (TPSA) is 62.1 Å². The van der Waals surface area contributed by atoms with Crippen LogP contribution in [0.25, 0.3) is 6.08 Å². The molecule has 0 aliphatic heterocycles. The van der Waals surface area contributed by atoms with Gasteiger partial charge in [0.1, 0.15) is 23.2 Å². The monoisotopic (exact) mass is 296 g/mol. The van der Waals surface area contributed by atoms with Crippen molar-refractivity contribution in [3.8, 4) is 11.8 Å². The smallest absolute Gasteiger partial charge is 0.266 e. The van der Waals surface area contributed by atoms with Gasteiger partial charge in [0.05, 0.1) is 7.11 Å². The van der Waals surface area contributed by atoms with Crippen molar-refractivity contribution in [1.82, 2.24) is 0 Å². The summed E-state index contributed by atoms with van der Waals surface area (Å²) in [6.07, 6.45) is 1.47. The number of ether oxygens (including phenoxy) is 1. The molecule has 22 heavy (non-hydrogen) atoms. The first-order chi connectivity index (χ1) is 10.6. The number of amides is 1. The van der Waals surface area contributed by atoms with Crippen LogP contribution in [0.2, 0.25) is 0 Å². The Labute approximate surface area is 127 Å². The summed E-state index contributed by atoms with van der Waals surface area (Å²) in [5, 5.41) is 11.7. The SMILES string of the molecule is COc1ccc(/C=C(\C#N)C(=O)Nc2ccc(F)cc2)cc1. The minimum Gasteiger partial charge on any atom is -0.497 e. The molecule has 0 aliphatic rings. The number of nitriles is 1. The summed E-state index contributed by atoms with van der Waals surface area (Å²) in [4.78, 5) is 12.0. The Hall–Kier alpha value is -3.13. The van der Waals surface area contributed by atoms with E-state index < -0.39 is 11.7 Å². The zero-order chi connectivity index (χ0) is 15.9. The number of nitrogens with zero attached hydrogens (tertiary/aromatic N) is 1. The molecule has 0 spiro atoms. The summed E-state index contributed by atoms with van der Waals surface area (Å²) in [5.74, 6) is -0.261. The van der Waals surface area contributed by atoms with Gasteiger partial charge in [0.15, 0.2) is 0 Å². The van der Waals surface area contributed by atoms with Crippen molar-refractivity contribution in [3.05, 3.63) is 65.5 Å². The van der Waals surface area contributed by atoms with E-state index in [1.807, 2.05) is 6.07 Å². The van der Waals surface area contributed by atoms with Crippen LogP contribution in [0, 0.1) is 17.1 Å². The number of halogens is 1. The molecule has 1 amide bonds. The van der Waals surface area contributed by atoms with Crippen molar-refractivity contribution < 1.29 is 13.9 Å². The lowest BCUT2D eigenvalue weighted by Crippen LogP contribution is -2.13. The van der Waals surface area contributed by atoms with Crippen LogP contribution in [0.5, 0.6) is 5.75 Å². The molecule has 0 saturated heterocycles. The lowest BCUT2D eigenvalue weighted by atomic mass is 10.1. The minimum atomic E-state index is -0.551. The average Bonchev–Trinajstić information content (AvgIpc) is 2.55. The molecular formula is C17H13FN2O2. The second-order valence-electron chi connectivity index (χ2n) is 4.40. The lowest BCUT2D eigenvalue weighted by molar-refractivity contribution is -0.112. The Morgan fingerprint density at radius 1 is 1.18 bits per heavy atom. The van der Waals surface area contributed by atoms with Crippen LogP contribution in [0.4, 0.5) is 10.1 Å². The quantitative estimate of drug-likeness (QED) is 0.695. The maximum atomic E-state index is 12.8. The Morgan fingerprint density at radius 2 is 1.82 bits per heavy atom. The second-order valence-corrected chi connectivity index (χ2v) is 4.40. The van der Waals surface area contributed by atoms with Gasteiger partial charge < -0.3 is 10.1 Å². The van der Waals surface area contributed by atoms with Crippen LogP contribution in [-0.4, -0.2) is 13.0 Å². The molecule has 0 heterocycles. The molecule has 2 aromatic carbocycles. The minimum absolute atomic E-state index is 0.0468. The maximum Gasteiger partial charge on any atom is 0.266 e. The normalized spacial score (nSPS) is 10.7. The molecule has 0 aromatic heterocycles. The molecule has 4 nitrogen and oxygen atoms in total. The van der Waals surface area contributed by atoms with E-state index >= 15 is 0 Å². The summed E-state index contributed by atoms with van der Waals surface area (Å²) in [5.41, 5.74) is 1.07. The third-order valence-electron chi connectivity index (χ3n) is 2.89. The van der Waals surface area contributed by atoms with Crippen molar-refractivity contribution in [2.75, 3.05) is 12.4 Å². The average molecular weight is 296 g/mol. The predicted octanol–water partition coefficient (Wildman–Crippen LogP) is 3.38. The van der Waals surface area contributed by atoms with Crippen LogP contribution >= 0.6 is 0 Å². The van der Waals surface area contributed by atoms with Gasteiger partial charge in [-0.2, -0.15) is 5.26 Å². The molecular weight excluding hydrogens is 283 g/mol. The fraction of sp³-hybridized carbons (Fsp3) is 0.0588. The molecule has 5 heteroatoms. The highest BCUT2D eigenvalue weighted by Crippen LogP contribution is 2.15. The van der Waals surface area contributed by atoms with E-state index in [1.165, 1.54) is 30.3 Å². The van der Waals surface area contributed by atoms with Gasteiger partial charge in [0.2, 0.25) is 0 Å². The number of carbonyl (C=O) groups excluding carboxylic acids is 1. The first-order valence-corrected chi connectivity index (χ1v) is 6.45. The standard InChI is InChI=1S/C17H13FN2O2/c1-22-16-8-2-12(3-9-16)10-13(11-19)17(21)20-15-6-4-14(18)5-7-15/h2-10H,1H3,(H,20,21)/b13-10+. The number of nitrogens with one attached hydrogen (secondary N) is 1. The molecule has 0 fully saturated rings. The number of hydrogen-bond acceptors (Lipinski definition) is 3. The molecule has 0 unspecified atom stereocenters. The number of benzene rings is 2. The fourth-order valence-corrected chi connectivity index (χ4v) is 1.75. The van der Waals surface area contributed by atoms with Crippen molar-refractivity contribution in [3.63, 3.8) is 0 Å².